The van der Waals surface area contributed by atoms with Gasteiger partial charge in [0, 0.05) is 19.6 Å². The minimum Gasteiger partial charge on any atom is -0.409 e. The van der Waals surface area contributed by atoms with Crippen molar-refractivity contribution < 1.29 is 9.94 Å². The first-order chi connectivity index (χ1) is 7.67. The van der Waals surface area contributed by atoms with Crippen LogP contribution in [-0.2, 0) is 4.74 Å². The fourth-order valence-corrected chi connectivity index (χ4v) is 1.79. The molecule has 0 saturated carbocycles. The molecule has 1 aliphatic rings. The molecule has 1 heterocycles. The van der Waals surface area contributed by atoms with E-state index in [-0.39, 0.29) is 18.0 Å². The second kappa shape index (κ2) is 6.67. The Hall–Kier alpha value is -0.850. The molecule has 2 unspecified atom stereocenters. The van der Waals surface area contributed by atoms with E-state index >= 15 is 0 Å². The van der Waals surface area contributed by atoms with E-state index in [0.29, 0.717) is 0 Å². The van der Waals surface area contributed by atoms with Crippen LogP contribution in [0.15, 0.2) is 5.16 Å². The number of likely N-dealkylation sites (N-methyl/N-ethyl adjacent to an activating group) is 1. The lowest BCUT2D eigenvalue weighted by Crippen LogP contribution is -2.49. The molecule has 1 fully saturated rings. The van der Waals surface area contributed by atoms with Crippen LogP contribution in [0.4, 0.5) is 0 Å². The first-order valence-corrected chi connectivity index (χ1v) is 5.68. The second-order valence-electron chi connectivity index (χ2n) is 4.15. The minimum atomic E-state index is -0.0826. The van der Waals surface area contributed by atoms with Gasteiger partial charge in [0.25, 0.3) is 0 Å². The Labute approximate surface area is 96.4 Å². The van der Waals surface area contributed by atoms with Crippen LogP contribution in [0.25, 0.3) is 0 Å². The Morgan fingerprint density at radius 3 is 3.06 bits per heavy atom. The van der Waals surface area contributed by atoms with Gasteiger partial charge in [0.15, 0.2) is 5.84 Å². The summed E-state index contributed by atoms with van der Waals surface area (Å²) in [6, 6.07) is -0.0826. The zero-order chi connectivity index (χ0) is 12.0. The lowest BCUT2D eigenvalue weighted by molar-refractivity contribution is -0.0185. The van der Waals surface area contributed by atoms with Crippen LogP contribution in [0, 0.1) is 0 Å². The van der Waals surface area contributed by atoms with Crippen molar-refractivity contribution in [3.8, 4) is 0 Å². The molecule has 0 spiro atoms. The number of amidine groups is 1. The SMILES string of the molecule is CCC(NCC1CN(C)CCO1)C(N)=NO. The van der Waals surface area contributed by atoms with Gasteiger partial charge in [-0.15, -0.1) is 0 Å². The molecule has 0 bridgehead atoms. The van der Waals surface area contributed by atoms with Gasteiger partial charge in [-0.25, -0.2) is 0 Å². The van der Waals surface area contributed by atoms with E-state index in [9.17, 15) is 0 Å². The molecule has 0 aromatic rings. The van der Waals surface area contributed by atoms with Crippen molar-refractivity contribution in [2.24, 2.45) is 10.9 Å². The molecule has 1 rings (SSSR count). The van der Waals surface area contributed by atoms with Gasteiger partial charge in [-0.05, 0) is 13.5 Å². The molecule has 0 aromatic heterocycles. The largest absolute Gasteiger partial charge is 0.409 e. The molecule has 1 aliphatic heterocycles. The predicted molar refractivity (Wildman–Crippen MR) is 62.7 cm³/mol. The van der Waals surface area contributed by atoms with Gasteiger partial charge in [0.05, 0.1) is 18.8 Å². The van der Waals surface area contributed by atoms with E-state index in [2.05, 4.69) is 22.4 Å². The van der Waals surface area contributed by atoms with Crippen LogP contribution in [0.2, 0.25) is 0 Å². The molecule has 6 nitrogen and oxygen atoms in total. The maximum Gasteiger partial charge on any atom is 0.156 e. The molecular formula is C10H22N4O2. The van der Waals surface area contributed by atoms with Gasteiger partial charge in [-0.3, -0.25) is 0 Å². The number of hydrogen-bond acceptors (Lipinski definition) is 5. The molecule has 94 valence electrons. The highest BCUT2D eigenvalue weighted by molar-refractivity contribution is 5.85. The molecule has 0 radical (unpaired) electrons. The molecule has 2 atom stereocenters. The number of oxime groups is 1. The Balaban J connectivity index is 2.31. The summed E-state index contributed by atoms with van der Waals surface area (Å²) >= 11 is 0. The van der Waals surface area contributed by atoms with E-state index in [1.807, 2.05) is 6.92 Å². The lowest BCUT2D eigenvalue weighted by Gasteiger charge is -2.31. The summed E-state index contributed by atoms with van der Waals surface area (Å²) in [7, 11) is 2.08. The number of morpholine rings is 1. The highest BCUT2D eigenvalue weighted by atomic mass is 16.5. The molecule has 4 N–H and O–H groups in total. The second-order valence-corrected chi connectivity index (χ2v) is 4.15. The standard InChI is InChI=1S/C10H22N4O2/c1-3-9(10(11)13-15)12-6-8-7-14(2)4-5-16-8/h8-9,12,15H,3-7H2,1-2H3,(H2,11,13). The summed E-state index contributed by atoms with van der Waals surface area (Å²) < 4.78 is 5.61. The summed E-state index contributed by atoms with van der Waals surface area (Å²) in [6.07, 6.45) is 0.970. The van der Waals surface area contributed by atoms with E-state index < -0.39 is 0 Å². The number of nitrogens with zero attached hydrogens (tertiary/aromatic N) is 2. The molecule has 0 amide bonds. The van der Waals surface area contributed by atoms with Crippen LogP contribution in [0.1, 0.15) is 13.3 Å². The van der Waals surface area contributed by atoms with E-state index in [1.54, 1.807) is 0 Å². The number of hydrogen-bond donors (Lipinski definition) is 3. The van der Waals surface area contributed by atoms with Crippen LogP contribution >= 0.6 is 0 Å². The Kier molecular flexibility index (Phi) is 5.51. The topological polar surface area (TPSA) is 83.1 Å². The summed E-state index contributed by atoms with van der Waals surface area (Å²) in [5.74, 6) is 0.228. The number of rotatable bonds is 5. The number of nitrogens with one attached hydrogen (secondary N) is 1. The normalized spacial score (nSPS) is 25.6. The van der Waals surface area contributed by atoms with Crippen molar-refractivity contribution >= 4 is 5.84 Å². The van der Waals surface area contributed by atoms with Crippen LogP contribution in [0.5, 0.6) is 0 Å². The fraction of sp³-hybridized carbons (Fsp3) is 0.900. The number of nitrogens with two attached hydrogens (primary N) is 1. The zero-order valence-electron chi connectivity index (χ0n) is 10.0. The lowest BCUT2D eigenvalue weighted by atomic mass is 10.2. The van der Waals surface area contributed by atoms with Crippen LogP contribution in [0.3, 0.4) is 0 Å². The van der Waals surface area contributed by atoms with Gasteiger partial charge < -0.3 is 25.9 Å². The van der Waals surface area contributed by atoms with Gasteiger partial charge in [0.1, 0.15) is 0 Å². The first-order valence-electron chi connectivity index (χ1n) is 5.68. The van der Waals surface area contributed by atoms with Crippen molar-refractivity contribution in [2.45, 2.75) is 25.5 Å². The summed E-state index contributed by atoms with van der Waals surface area (Å²) in [4.78, 5) is 2.24. The maximum absolute atomic E-state index is 8.60. The van der Waals surface area contributed by atoms with Crippen molar-refractivity contribution in [3.05, 3.63) is 0 Å². The monoisotopic (exact) mass is 230 g/mol. The van der Waals surface area contributed by atoms with Crippen LogP contribution in [-0.4, -0.2) is 61.4 Å². The first kappa shape index (κ1) is 13.2. The molecule has 1 saturated heterocycles. The Bertz CT molecular complexity index is 235. The third kappa shape index (κ3) is 3.96. The summed E-state index contributed by atoms with van der Waals surface area (Å²) in [5.41, 5.74) is 5.56. The predicted octanol–water partition coefficient (Wildman–Crippen LogP) is -0.568. The molecule has 0 aliphatic carbocycles. The van der Waals surface area contributed by atoms with Gasteiger partial charge in [-0.2, -0.15) is 0 Å². The van der Waals surface area contributed by atoms with Crippen molar-refractivity contribution in [2.75, 3.05) is 33.3 Å². The third-order valence-corrected chi connectivity index (χ3v) is 2.81. The van der Waals surface area contributed by atoms with E-state index in [4.69, 9.17) is 15.7 Å². The summed E-state index contributed by atoms with van der Waals surface area (Å²) in [5, 5.41) is 14.9. The Morgan fingerprint density at radius 2 is 2.50 bits per heavy atom. The van der Waals surface area contributed by atoms with Gasteiger partial charge in [-0.1, -0.05) is 12.1 Å². The zero-order valence-corrected chi connectivity index (χ0v) is 10.0. The van der Waals surface area contributed by atoms with Crippen LogP contribution < -0.4 is 11.1 Å². The Morgan fingerprint density at radius 1 is 1.75 bits per heavy atom. The quantitative estimate of drug-likeness (QED) is 0.255. The maximum atomic E-state index is 8.60. The van der Waals surface area contributed by atoms with E-state index in [1.165, 1.54) is 0 Å². The van der Waals surface area contributed by atoms with Gasteiger partial charge >= 0.3 is 0 Å². The number of ether oxygens (including phenoxy) is 1. The minimum absolute atomic E-state index is 0.0826. The fourth-order valence-electron chi connectivity index (χ4n) is 1.79. The molecular weight excluding hydrogens is 208 g/mol. The van der Waals surface area contributed by atoms with Gasteiger partial charge in [0.2, 0.25) is 0 Å². The summed E-state index contributed by atoms with van der Waals surface area (Å²) in [6.45, 7) is 5.37. The van der Waals surface area contributed by atoms with Crippen molar-refractivity contribution in [3.63, 3.8) is 0 Å². The molecule has 6 heteroatoms. The highest BCUT2D eigenvalue weighted by Crippen LogP contribution is 2.02. The van der Waals surface area contributed by atoms with Crippen molar-refractivity contribution in [1.82, 2.24) is 10.2 Å². The average molecular weight is 230 g/mol. The highest BCUT2D eigenvalue weighted by Gasteiger charge is 2.19. The third-order valence-electron chi connectivity index (χ3n) is 2.81. The smallest absolute Gasteiger partial charge is 0.156 e. The average Bonchev–Trinajstić information content (AvgIpc) is 2.29. The van der Waals surface area contributed by atoms with Crippen molar-refractivity contribution in [1.29, 1.82) is 0 Å². The molecule has 0 aromatic carbocycles. The van der Waals surface area contributed by atoms with E-state index in [0.717, 1.165) is 32.7 Å². The molecule has 16 heavy (non-hydrogen) atoms.